The monoisotopic (exact) mass is 260 g/mol. The maximum absolute atomic E-state index is 9.19. The molecule has 5 nitrogen and oxygen atoms in total. The minimum Gasteiger partial charge on any atom is -0.468 e. The van der Waals surface area contributed by atoms with E-state index < -0.39 is 0 Å². The lowest BCUT2D eigenvalue weighted by molar-refractivity contribution is 0.267. The third kappa shape index (κ3) is 2.17. The van der Waals surface area contributed by atoms with Crippen molar-refractivity contribution in [3.05, 3.63) is 48.3 Å². The summed E-state index contributed by atoms with van der Waals surface area (Å²) >= 11 is 0. The van der Waals surface area contributed by atoms with E-state index in [1.807, 2.05) is 31.2 Å². The van der Waals surface area contributed by atoms with Crippen molar-refractivity contribution in [3.63, 3.8) is 0 Å². The minimum absolute atomic E-state index is 0.00722. The van der Waals surface area contributed by atoms with Crippen molar-refractivity contribution in [1.29, 1.82) is 0 Å². The topological polar surface area (TPSA) is 70.9 Å². The number of hydrogen-bond acceptors (Lipinski definition) is 5. The first-order valence-electron chi connectivity index (χ1n) is 6.33. The first kappa shape index (κ1) is 12.0. The summed E-state index contributed by atoms with van der Waals surface area (Å²) in [5.74, 6) is 1.75. The van der Waals surface area contributed by atoms with Crippen molar-refractivity contribution in [2.75, 3.05) is 0 Å². The van der Waals surface area contributed by atoms with Gasteiger partial charge in [-0.25, -0.2) is 0 Å². The molecular weight excluding hydrogens is 244 g/mol. The van der Waals surface area contributed by atoms with E-state index in [0.29, 0.717) is 6.42 Å². The third-order valence-corrected chi connectivity index (χ3v) is 3.68. The van der Waals surface area contributed by atoms with Gasteiger partial charge in [-0.1, -0.05) is 12.1 Å². The van der Waals surface area contributed by atoms with Crippen LogP contribution in [-0.2, 0) is 0 Å². The van der Waals surface area contributed by atoms with E-state index in [0.717, 1.165) is 17.2 Å². The summed E-state index contributed by atoms with van der Waals surface area (Å²) in [5.41, 5.74) is 0.751. The molecule has 1 aliphatic heterocycles. The number of oxime groups is 1. The molecule has 5 heteroatoms. The molecule has 0 spiro atoms. The molecule has 0 saturated carbocycles. The van der Waals surface area contributed by atoms with E-state index in [2.05, 4.69) is 10.5 Å². The van der Waals surface area contributed by atoms with Gasteiger partial charge in [-0.05, 0) is 24.3 Å². The van der Waals surface area contributed by atoms with Gasteiger partial charge >= 0.3 is 0 Å². The van der Waals surface area contributed by atoms with Crippen LogP contribution in [0.1, 0.15) is 36.9 Å². The SMILES string of the molecule is C[C@@H]1/C(=N/O)C[C@H](c2ccco2)N[C@H]1c1ccco1. The first-order chi connectivity index (χ1) is 9.29. The standard InChI is InChI=1S/C14H16N2O3/c1-9-10(16-17)8-11(12-4-2-6-18-12)15-14(9)13-5-3-7-19-13/h2-7,9,11,14-15,17H,8H2,1H3/b16-10+/t9-,11-,14-/m1/s1. The third-order valence-electron chi connectivity index (χ3n) is 3.68. The Labute approximate surface area is 110 Å². The molecule has 1 aliphatic rings. The second kappa shape index (κ2) is 4.93. The fourth-order valence-electron chi connectivity index (χ4n) is 2.61. The molecule has 100 valence electrons. The van der Waals surface area contributed by atoms with Gasteiger partial charge in [0.2, 0.25) is 0 Å². The van der Waals surface area contributed by atoms with E-state index in [1.165, 1.54) is 0 Å². The van der Waals surface area contributed by atoms with Gasteiger partial charge in [-0.3, -0.25) is 5.32 Å². The van der Waals surface area contributed by atoms with Crippen LogP contribution in [0.4, 0.5) is 0 Å². The van der Waals surface area contributed by atoms with Crippen molar-refractivity contribution in [2.45, 2.75) is 25.4 Å². The highest BCUT2D eigenvalue weighted by Gasteiger charge is 2.36. The molecule has 1 fully saturated rings. The van der Waals surface area contributed by atoms with Crippen molar-refractivity contribution in [2.24, 2.45) is 11.1 Å². The Morgan fingerprint density at radius 1 is 1.21 bits per heavy atom. The van der Waals surface area contributed by atoms with E-state index in [4.69, 9.17) is 8.83 Å². The van der Waals surface area contributed by atoms with Crippen LogP contribution in [0, 0.1) is 5.92 Å². The summed E-state index contributed by atoms with van der Waals surface area (Å²) in [6.07, 6.45) is 3.92. The quantitative estimate of drug-likeness (QED) is 0.643. The lowest BCUT2D eigenvalue weighted by Gasteiger charge is -2.34. The second-order valence-corrected chi connectivity index (χ2v) is 4.81. The molecule has 0 amide bonds. The van der Waals surface area contributed by atoms with Crippen molar-refractivity contribution in [1.82, 2.24) is 5.32 Å². The number of nitrogens with one attached hydrogen (secondary N) is 1. The molecule has 2 aromatic heterocycles. The summed E-state index contributed by atoms with van der Waals surface area (Å²) in [7, 11) is 0. The Morgan fingerprint density at radius 3 is 2.47 bits per heavy atom. The highest BCUT2D eigenvalue weighted by molar-refractivity contribution is 5.88. The van der Waals surface area contributed by atoms with Crippen molar-refractivity contribution in [3.8, 4) is 0 Å². The summed E-state index contributed by atoms with van der Waals surface area (Å²) in [6, 6.07) is 7.52. The second-order valence-electron chi connectivity index (χ2n) is 4.81. The van der Waals surface area contributed by atoms with E-state index >= 15 is 0 Å². The average molecular weight is 260 g/mol. The first-order valence-corrected chi connectivity index (χ1v) is 6.33. The maximum atomic E-state index is 9.19. The Bertz CT molecular complexity index is 545. The lowest BCUT2D eigenvalue weighted by atomic mass is 9.85. The molecular formula is C14H16N2O3. The van der Waals surface area contributed by atoms with Gasteiger partial charge in [0.1, 0.15) is 11.5 Å². The zero-order valence-electron chi connectivity index (χ0n) is 10.6. The van der Waals surface area contributed by atoms with Gasteiger partial charge in [0.15, 0.2) is 0 Å². The Morgan fingerprint density at radius 2 is 1.89 bits per heavy atom. The predicted octanol–water partition coefficient (Wildman–Crippen LogP) is 3.11. The number of nitrogens with zero attached hydrogens (tertiary/aromatic N) is 1. The van der Waals surface area contributed by atoms with Crippen LogP contribution in [0.2, 0.25) is 0 Å². The van der Waals surface area contributed by atoms with Crippen LogP contribution < -0.4 is 5.32 Å². The van der Waals surface area contributed by atoms with E-state index in [9.17, 15) is 5.21 Å². The Kier molecular flexibility index (Phi) is 3.13. The zero-order chi connectivity index (χ0) is 13.2. The largest absolute Gasteiger partial charge is 0.468 e. The normalized spacial score (nSPS) is 29.7. The molecule has 1 saturated heterocycles. The van der Waals surface area contributed by atoms with Crippen LogP contribution in [-0.4, -0.2) is 10.9 Å². The van der Waals surface area contributed by atoms with Crippen LogP contribution in [0.25, 0.3) is 0 Å². The molecule has 3 atom stereocenters. The van der Waals surface area contributed by atoms with Crippen LogP contribution in [0.3, 0.4) is 0 Å². The molecule has 0 bridgehead atoms. The smallest absolute Gasteiger partial charge is 0.121 e. The number of furan rings is 2. The van der Waals surface area contributed by atoms with Crippen molar-refractivity contribution < 1.29 is 14.0 Å². The van der Waals surface area contributed by atoms with Gasteiger partial charge in [0, 0.05) is 12.3 Å². The summed E-state index contributed by atoms with van der Waals surface area (Å²) < 4.78 is 10.9. The highest BCUT2D eigenvalue weighted by Crippen LogP contribution is 2.35. The Balaban J connectivity index is 1.91. The predicted molar refractivity (Wildman–Crippen MR) is 69.0 cm³/mol. The number of hydrogen-bond donors (Lipinski definition) is 2. The average Bonchev–Trinajstić information content (AvgIpc) is 3.12. The lowest BCUT2D eigenvalue weighted by Crippen LogP contribution is -2.41. The molecule has 2 aromatic rings. The van der Waals surface area contributed by atoms with Gasteiger partial charge in [-0.2, -0.15) is 0 Å². The van der Waals surface area contributed by atoms with Gasteiger partial charge in [0.25, 0.3) is 0 Å². The van der Waals surface area contributed by atoms with Gasteiger partial charge in [0.05, 0.1) is 30.3 Å². The zero-order valence-corrected chi connectivity index (χ0v) is 10.6. The summed E-state index contributed by atoms with van der Waals surface area (Å²) in [5, 5.41) is 16.1. The number of rotatable bonds is 2. The van der Waals surface area contributed by atoms with Crippen LogP contribution in [0.15, 0.2) is 50.8 Å². The minimum atomic E-state index is -0.0234. The molecule has 0 unspecified atom stereocenters. The van der Waals surface area contributed by atoms with Crippen LogP contribution in [0.5, 0.6) is 0 Å². The van der Waals surface area contributed by atoms with Crippen molar-refractivity contribution >= 4 is 5.71 Å². The summed E-state index contributed by atoms with van der Waals surface area (Å²) in [4.78, 5) is 0. The fraction of sp³-hybridized carbons (Fsp3) is 0.357. The number of piperidine rings is 1. The van der Waals surface area contributed by atoms with E-state index in [1.54, 1.807) is 12.5 Å². The fourth-order valence-corrected chi connectivity index (χ4v) is 2.61. The maximum Gasteiger partial charge on any atom is 0.121 e. The molecule has 2 N–H and O–H groups in total. The Hall–Kier alpha value is -2.01. The van der Waals surface area contributed by atoms with Gasteiger partial charge < -0.3 is 14.0 Å². The molecule has 3 rings (SSSR count). The molecule has 0 aliphatic carbocycles. The molecule has 3 heterocycles. The molecule has 0 aromatic carbocycles. The molecule has 0 radical (unpaired) electrons. The summed E-state index contributed by atoms with van der Waals surface area (Å²) in [6.45, 7) is 2.02. The van der Waals surface area contributed by atoms with E-state index in [-0.39, 0.29) is 18.0 Å². The van der Waals surface area contributed by atoms with Crippen LogP contribution >= 0.6 is 0 Å². The highest BCUT2D eigenvalue weighted by atomic mass is 16.4. The molecule has 19 heavy (non-hydrogen) atoms. The van der Waals surface area contributed by atoms with Gasteiger partial charge in [-0.15, -0.1) is 0 Å².